The van der Waals surface area contributed by atoms with Crippen molar-refractivity contribution in [2.75, 3.05) is 27.2 Å². The Hall–Kier alpha value is -1.13. The van der Waals surface area contributed by atoms with Gasteiger partial charge in [0.25, 0.3) is 0 Å². The number of pyridine rings is 1. The fraction of sp³-hybridized carbons (Fsp3) is 0.438. The third kappa shape index (κ3) is 3.93. The topological polar surface area (TPSA) is 25.4 Å². The molecule has 0 radical (unpaired) electrons. The largest absolute Gasteiger partial charge is 0.492 e. The van der Waals surface area contributed by atoms with Gasteiger partial charge in [0.2, 0.25) is 0 Å². The van der Waals surface area contributed by atoms with Crippen molar-refractivity contribution in [1.29, 1.82) is 0 Å². The number of aromatic nitrogens is 1. The minimum atomic E-state index is 0.102. The molecule has 0 atom stereocenters. The van der Waals surface area contributed by atoms with Crippen molar-refractivity contribution in [3.63, 3.8) is 0 Å². The van der Waals surface area contributed by atoms with Gasteiger partial charge >= 0.3 is 0 Å². The number of rotatable bonds is 5. The van der Waals surface area contributed by atoms with E-state index in [0.717, 1.165) is 27.7 Å². The Morgan fingerprint density at radius 2 is 2.00 bits per heavy atom. The molecule has 0 aliphatic carbocycles. The van der Waals surface area contributed by atoms with Gasteiger partial charge in [-0.1, -0.05) is 29.8 Å². The van der Waals surface area contributed by atoms with E-state index in [2.05, 4.69) is 59.8 Å². The van der Waals surface area contributed by atoms with Gasteiger partial charge in [-0.25, -0.2) is 0 Å². The summed E-state index contributed by atoms with van der Waals surface area (Å²) in [5, 5.41) is 1.04. The van der Waals surface area contributed by atoms with Crippen LogP contribution in [0.3, 0.4) is 0 Å². The molecular weight excluding hydrogens is 316 g/mol. The number of hydrogen-bond acceptors (Lipinski definition) is 3. The molecule has 108 valence electrons. The summed E-state index contributed by atoms with van der Waals surface area (Å²) in [6.45, 7) is 6.09. The second-order valence-corrected chi connectivity index (χ2v) is 7.08. The average molecular weight is 337 g/mol. The van der Waals surface area contributed by atoms with Crippen molar-refractivity contribution < 1.29 is 4.74 Å². The number of halogens is 1. The first-order valence-corrected chi connectivity index (χ1v) is 7.48. The normalized spacial score (nSPS) is 12.1. The molecule has 2 aromatic rings. The van der Waals surface area contributed by atoms with Crippen LogP contribution in [-0.2, 0) is 0 Å². The van der Waals surface area contributed by atoms with Crippen LogP contribution in [-0.4, -0.2) is 37.1 Å². The molecule has 0 aliphatic rings. The van der Waals surface area contributed by atoms with Crippen LogP contribution in [0.25, 0.3) is 10.9 Å². The highest BCUT2D eigenvalue weighted by atomic mass is 79.9. The summed E-state index contributed by atoms with van der Waals surface area (Å²) in [4.78, 5) is 6.55. The fourth-order valence-corrected chi connectivity index (χ4v) is 2.76. The Labute approximate surface area is 129 Å². The first kappa shape index (κ1) is 15.3. The summed E-state index contributed by atoms with van der Waals surface area (Å²) in [6, 6.07) is 7.98. The number of benzene rings is 1. The van der Waals surface area contributed by atoms with Crippen LogP contribution in [0.1, 0.15) is 13.8 Å². The van der Waals surface area contributed by atoms with Crippen molar-refractivity contribution in [2.45, 2.75) is 13.8 Å². The van der Waals surface area contributed by atoms with E-state index in [4.69, 9.17) is 4.74 Å². The standard InChI is InChI=1S/C16H21BrN2O/c1-16(2,10-19(3)4)11-20-15-7-8-18-14-6-5-12(17)9-13(14)15/h5-9H,10-11H2,1-4H3. The zero-order chi connectivity index (χ0) is 14.8. The molecule has 0 N–H and O–H groups in total. The maximum Gasteiger partial charge on any atom is 0.130 e. The summed E-state index contributed by atoms with van der Waals surface area (Å²) in [5.74, 6) is 0.892. The molecule has 0 saturated carbocycles. The monoisotopic (exact) mass is 336 g/mol. The molecule has 0 spiro atoms. The van der Waals surface area contributed by atoms with Gasteiger partial charge in [-0.3, -0.25) is 4.98 Å². The Bertz CT molecular complexity index is 596. The van der Waals surface area contributed by atoms with Gasteiger partial charge in [-0.15, -0.1) is 0 Å². The lowest BCUT2D eigenvalue weighted by atomic mass is 9.94. The van der Waals surface area contributed by atoms with Crippen molar-refractivity contribution in [3.8, 4) is 5.75 Å². The summed E-state index contributed by atoms with van der Waals surface area (Å²) in [7, 11) is 4.17. The van der Waals surface area contributed by atoms with Gasteiger partial charge < -0.3 is 9.64 Å². The number of fused-ring (bicyclic) bond motifs is 1. The number of ether oxygens (including phenoxy) is 1. The molecule has 1 heterocycles. The van der Waals surface area contributed by atoms with Gasteiger partial charge in [0, 0.05) is 28.0 Å². The maximum atomic E-state index is 6.05. The summed E-state index contributed by atoms with van der Waals surface area (Å²) < 4.78 is 7.09. The van der Waals surface area contributed by atoms with Crippen molar-refractivity contribution in [3.05, 3.63) is 34.9 Å². The zero-order valence-corrected chi connectivity index (χ0v) is 14.1. The smallest absolute Gasteiger partial charge is 0.130 e. The van der Waals surface area contributed by atoms with E-state index in [-0.39, 0.29) is 5.41 Å². The van der Waals surface area contributed by atoms with Crippen LogP contribution in [0.4, 0.5) is 0 Å². The molecule has 0 unspecified atom stereocenters. The minimum absolute atomic E-state index is 0.102. The SMILES string of the molecule is CN(C)CC(C)(C)COc1ccnc2ccc(Br)cc12. The third-order valence-electron chi connectivity index (χ3n) is 3.03. The highest BCUT2D eigenvalue weighted by molar-refractivity contribution is 9.10. The molecule has 0 amide bonds. The van der Waals surface area contributed by atoms with Gasteiger partial charge in [0.05, 0.1) is 12.1 Å². The molecule has 20 heavy (non-hydrogen) atoms. The molecule has 2 rings (SSSR count). The highest BCUT2D eigenvalue weighted by Crippen LogP contribution is 2.28. The third-order valence-corrected chi connectivity index (χ3v) is 3.52. The van der Waals surface area contributed by atoms with Crippen molar-refractivity contribution >= 4 is 26.8 Å². The molecule has 0 fully saturated rings. The van der Waals surface area contributed by atoms with Crippen LogP contribution in [0.2, 0.25) is 0 Å². The van der Waals surface area contributed by atoms with E-state index in [9.17, 15) is 0 Å². The second-order valence-electron chi connectivity index (χ2n) is 6.16. The molecular formula is C16H21BrN2O. The van der Waals surface area contributed by atoms with Crippen LogP contribution in [0.5, 0.6) is 5.75 Å². The zero-order valence-electron chi connectivity index (χ0n) is 12.5. The van der Waals surface area contributed by atoms with E-state index in [1.165, 1.54) is 0 Å². The molecule has 1 aromatic carbocycles. The first-order valence-electron chi connectivity index (χ1n) is 6.69. The Balaban J connectivity index is 2.20. The maximum absolute atomic E-state index is 6.05. The Kier molecular flexibility index (Phi) is 4.66. The van der Waals surface area contributed by atoms with Gasteiger partial charge in [0.15, 0.2) is 0 Å². The minimum Gasteiger partial charge on any atom is -0.492 e. The van der Waals surface area contributed by atoms with Gasteiger partial charge in [0.1, 0.15) is 5.75 Å². The number of nitrogens with zero attached hydrogens (tertiary/aromatic N) is 2. The lowest BCUT2D eigenvalue weighted by Gasteiger charge is -2.28. The predicted molar refractivity (Wildman–Crippen MR) is 87.3 cm³/mol. The van der Waals surface area contributed by atoms with E-state index in [1.54, 1.807) is 6.20 Å². The van der Waals surface area contributed by atoms with Crippen LogP contribution in [0.15, 0.2) is 34.9 Å². The van der Waals surface area contributed by atoms with E-state index in [1.807, 2.05) is 18.2 Å². The van der Waals surface area contributed by atoms with Crippen LogP contribution in [0, 0.1) is 5.41 Å². The lowest BCUT2D eigenvalue weighted by Crippen LogP contribution is -2.33. The van der Waals surface area contributed by atoms with E-state index >= 15 is 0 Å². The van der Waals surface area contributed by atoms with Crippen molar-refractivity contribution in [2.24, 2.45) is 5.41 Å². The predicted octanol–water partition coefficient (Wildman–Crippen LogP) is 3.96. The summed E-state index contributed by atoms with van der Waals surface area (Å²) in [6.07, 6.45) is 1.80. The lowest BCUT2D eigenvalue weighted by molar-refractivity contribution is 0.142. The van der Waals surface area contributed by atoms with Crippen LogP contribution >= 0.6 is 15.9 Å². The number of hydrogen-bond donors (Lipinski definition) is 0. The van der Waals surface area contributed by atoms with Gasteiger partial charge in [-0.2, -0.15) is 0 Å². The summed E-state index contributed by atoms with van der Waals surface area (Å²) in [5.41, 5.74) is 1.06. The molecule has 0 aliphatic heterocycles. The summed E-state index contributed by atoms with van der Waals surface area (Å²) >= 11 is 3.50. The molecule has 0 bridgehead atoms. The quantitative estimate of drug-likeness (QED) is 0.826. The molecule has 0 saturated heterocycles. The van der Waals surface area contributed by atoms with E-state index < -0.39 is 0 Å². The molecule has 4 heteroatoms. The second kappa shape index (κ2) is 6.10. The first-order chi connectivity index (χ1) is 9.37. The fourth-order valence-electron chi connectivity index (χ4n) is 2.39. The molecule has 1 aromatic heterocycles. The van der Waals surface area contributed by atoms with Gasteiger partial charge in [-0.05, 0) is 38.4 Å². The Morgan fingerprint density at radius 1 is 1.25 bits per heavy atom. The van der Waals surface area contributed by atoms with E-state index in [0.29, 0.717) is 6.61 Å². The molecule has 3 nitrogen and oxygen atoms in total. The van der Waals surface area contributed by atoms with Crippen LogP contribution < -0.4 is 4.74 Å². The highest BCUT2D eigenvalue weighted by Gasteiger charge is 2.20. The van der Waals surface area contributed by atoms with Crippen molar-refractivity contribution in [1.82, 2.24) is 9.88 Å². The average Bonchev–Trinajstić information content (AvgIpc) is 2.35. The Morgan fingerprint density at radius 3 is 2.70 bits per heavy atom.